The van der Waals surface area contributed by atoms with Crippen molar-refractivity contribution in [3.05, 3.63) is 122 Å². The molecule has 0 spiro atoms. The summed E-state index contributed by atoms with van der Waals surface area (Å²) < 4.78 is 30.8. The van der Waals surface area contributed by atoms with Crippen molar-refractivity contribution < 1.29 is 37.3 Å². The van der Waals surface area contributed by atoms with Gasteiger partial charge in [-0.15, -0.1) is 0 Å². The Kier molecular flexibility index (Phi) is 61.7. The molecule has 3 atom stereocenters. The second kappa shape index (κ2) is 64.4. The fourth-order valence-corrected chi connectivity index (χ4v) is 10.5. The van der Waals surface area contributed by atoms with Crippen LogP contribution in [-0.2, 0) is 27.9 Å². The number of unbranched alkanes of at least 4 members (excludes halogenated alkanes) is 29. The summed E-state index contributed by atoms with van der Waals surface area (Å²) in [4.78, 5) is 37.9. The molecule has 0 bridgehead atoms. The fourth-order valence-electron chi connectivity index (χ4n) is 9.72. The van der Waals surface area contributed by atoms with Crippen LogP contribution in [0.4, 0.5) is 0 Å². The average molecular weight is 1220 g/mol. The molecule has 0 fully saturated rings. The van der Waals surface area contributed by atoms with Crippen LogP contribution in [0.1, 0.15) is 297 Å². The molecule has 0 aliphatic rings. The average Bonchev–Trinajstić information content (AvgIpc) is 3.67. The van der Waals surface area contributed by atoms with Gasteiger partial charge in [-0.1, -0.05) is 284 Å². The van der Waals surface area contributed by atoms with Gasteiger partial charge in [0.2, 0.25) is 5.91 Å². The Morgan fingerprint density at radius 2 is 0.744 bits per heavy atom. The largest absolute Gasteiger partial charge is 0.472 e. The van der Waals surface area contributed by atoms with Crippen molar-refractivity contribution >= 4 is 19.7 Å². The van der Waals surface area contributed by atoms with E-state index >= 15 is 0 Å². The van der Waals surface area contributed by atoms with Crippen LogP contribution >= 0.6 is 7.82 Å². The van der Waals surface area contributed by atoms with Gasteiger partial charge >= 0.3 is 13.8 Å². The molecule has 2 N–H and O–H groups in total. The molecule has 0 aliphatic carbocycles. The highest BCUT2D eigenvalue weighted by Gasteiger charge is 2.30. The molecule has 494 valence electrons. The summed E-state index contributed by atoms with van der Waals surface area (Å²) >= 11 is 0. The number of rotatable bonds is 63. The number of phosphoric acid groups is 1. The second-order valence-corrected chi connectivity index (χ2v) is 26.1. The maximum absolute atomic E-state index is 13.6. The van der Waals surface area contributed by atoms with Crippen molar-refractivity contribution in [1.29, 1.82) is 0 Å². The van der Waals surface area contributed by atoms with Crippen LogP contribution in [-0.4, -0.2) is 74.3 Å². The van der Waals surface area contributed by atoms with Gasteiger partial charge in [0.1, 0.15) is 19.3 Å². The summed E-state index contributed by atoms with van der Waals surface area (Å²) in [6, 6.07) is -0.865. The van der Waals surface area contributed by atoms with E-state index in [1.54, 1.807) is 0 Å². The lowest BCUT2D eigenvalue weighted by Gasteiger charge is -2.27. The molecule has 0 aromatic heterocycles. The Hall–Kier alpha value is -3.59. The number of esters is 1. The lowest BCUT2D eigenvalue weighted by Crippen LogP contribution is -2.47. The van der Waals surface area contributed by atoms with Gasteiger partial charge in [-0.2, -0.15) is 0 Å². The molecule has 0 heterocycles. The number of likely N-dealkylation sites (N-methyl/N-ethyl adjacent to an activating group) is 1. The van der Waals surface area contributed by atoms with Gasteiger partial charge in [0.25, 0.3) is 0 Å². The molecule has 0 radical (unpaired) electrons. The molecule has 0 aromatic rings. The van der Waals surface area contributed by atoms with Gasteiger partial charge in [0, 0.05) is 12.8 Å². The molecule has 0 aliphatic heterocycles. The van der Waals surface area contributed by atoms with E-state index in [2.05, 4.69) is 135 Å². The first-order valence-corrected chi connectivity index (χ1v) is 36.9. The number of nitrogens with zero attached hydrogens (tertiary/aromatic N) is 1. The Labute approximate surface area is 531 Å². The van der Waals surface area contributed by atoms with Crippen molar-refractivity contribution in [2.24, 2.45) is 0 Å². The van der Waals surface area contributed by atoms with Crippen LogP contribution in [0, 0.1) is 0 Å². The maximum atomic E-state index is 13.6. The van der Waals surface area contributed by atoms with Crippen LogP contribution in [0.2, 0.25) is 0 Å². The molecular weight excluding hydrogens is 1080 g/mol. The van der Waals surface area contributed by atoms with Crippen LogP contribution < -0.4 is 5.32 Å². The summed E-state index contributed by atoms with van der Waals surface area (Å²) in [7, 11) is 1.47. The molecule has 10 heteroatoms. The summed E-state index contributed by atoms with van der Waals surface area (Å²) in [6.07, 6.45) is 90.6. The first kappa shape index (κ1) is 82.4. The topological polar surface area (TPSA) is 111 Å². The van der Waals surface area contributed by atoms with Gasteiger partial charge in [-0.05, 0) is 122 Å². The molecule has 1 amide bonds. The predicted molar refractivity (Wildman–Crippen MR) is 373 cm³/mol. The minimum absolute atomic E-state index is 0.0314. The van der Waals surface area contributed by atoms with E-state index in [-0.39, 0.29) is 31.5 Å². The second-order valence-electron chi connectivity index (χ2n) is 24.7. The van der Waals surface area contributed by atoms with E-state index in [4.69, 9.17) is 13.8 Å². The van der Waals surface area contributed by atoms with Crippen molar-refractivity contribution in [3.8, 4) is 0 Å². The lowest BCUT2D eigenvalue weighted by molar-refractivity contribution is -0.870. The standard InChI is InChI=1S/C76H133N2O7P/c1-7-10-13-16-19-22-25-28-30-32-34-36-37-38-39-40-41-43-44-46-48-50-53-56-59-62-65-68-75(79)77-73(72-84-86(81,82)83-71-70-78(4,5)6)74(67-64-61-58-55-52-27-24-21-18-15-12-9-3)85-76(80)69-66-63-60-57-54-51-49-47-45-42-35-33-31-29-26-23-20-17-14-11-8-2/h10,13,19-20,22-23,28-31,34-36,38-39,41-43,64,67,73-74H,7-9,11-12,14-18,21,24-27,32-33,37,40,44-63,65-66,68-72H2,1-6H3,(H-,77,79,81,82)/p+1/b13-10-,22-19-,23-20-,30-28-,31-29-,36-34-,39-38-,42-35-,43-41-,67-64-. The van der Waals surface area contributed by atoms with Gasteiger partial charge in [0.05, 0.1) is 33.8 Å². The van der Waals surface area contributed by atoms with E-state index in [0.29, 0.717) is 17.4 Å². The molecule has 0 saturated heterocycles. The number of hydrogen-bond acceptors (Lipinski definition) is 6. The van der Waals surface area contributed by atoms with Gasteiger partial charge in [-0.3, -0.25) is 18.6 Å². The summed E-state index contributed by atoms with van der Waals surface area (Å²) in [5.74, 6) is -0.525. The zero-order valence-electron chi connectivity index (χ0n) is 56.5. The Morgan fingerprint density at radius 1 is 0.419 bits per heavy atom. The normalized spacial score (nSPS) is 14.3. The van der Waals surface area contributed by atoms with Gasteiger partial charge in [0.15, 0.2) is 0 Å². The zero-order valence-corrected chi connectivity index (χ0v) is 57.4. The van der Waals surface area contributed by atoms with Crippen LogP contribution in [0.3, 0.4) is 0 Å². The number of quaternary nitrogens is 1. The maximum Gasteiger partial charge on any atom is 0.472 e. The van der Waals surface area contributed by atoms with Crippen molar-refractivity contribution in [1.82, 2.24) is 5.32 Å². The van der Waals surface area contributed by atoms with E-state index in [0.717, 1.165) is 135 Å². The summed E-state index contributed by atoms with van der Waals surface area (Å²) in [6.45, 7) is 6.87. The third-order valence-electron chi connectivity index (χ3n) is 15.1. The molecule has 3 unspecified atom stereocenters. The van der Waals surface area contributed by atoms with Crippen molar-refractivity contribution in [2.75, 3.05) is 40.9 Å². The van der Waals surface area contributed by atoms with Crippen molar-refractivity contribution in [3.63, 3.8) is 0 Å². The minimum atomic E-state index is -4.47. The number of carbonyl (C=O) groups excluding carboxylic acids is 2. The Balaban J connectivity index is 5.12. The van der Waals surface area contributed by atoms with E-state index < -0.39 is 20.0 Å². The highest BCUT2D eigenvalue weighted by Crippen LogP contribution is 2.43. The molecular formula is C76H134N2O7P+. The number of phosphoric ester groups is 1. The fraction of sp³-hybridized carbons (Fsp3) is 0.711. The number of nitrogens with one attached hydrogen (secondary N) is 1. The van der Waals surface area contributed by atoms with Gasteiger partial charge in [-0.25, -0.2) is 4.57 Å². The third kappa shape index (κ3) is 64.9. The highest BCUT2D eigenvalue weighted by molar-refractivity contribution is 7.47. The SMILES string of the molecule is CC/C=C\C/C=C\C/C=C\C/C=C\C/C=C\C/C=C\CCCCCCCCCCC(=O)NC(COP(=O)(O)OCC[N+](C)(C)C)C(/C=C\CCCCCCCCCCCC)OC(=O)CCCCCCCCCC/C=C\C/C=C\C/C=C\CCCCC. The zero-order chi connectivity index (χ0) is 62.8. The van der Waals surface area contributed by atoms with Crippen LogP contribution in [0.15, 0.2) is 122 Å². The van der Waals surface area contributed by atoms with E-state index in [1.807, 2.05) is 33.3 Å². The van der Waals surface area contributed by atoms with E-state index in [9.17, 15) is 19.0 Å². The molecule has 0 saturated carbocycles. The van der Waals surface area contributed by atoms with E-state index in [1.165, 1.54) is 128 Å². The Bertz CT molecular complexity index is 1890. The van der Waals surface area contributed by atoms with Gasteiger partial charge < -0.3 is 19.4 Å². The number of amides is 1. The monoisotopic (exact) mass is 1220 g/mol. The third-order valence-corrected chi connectivity index (χ3v) is 16.1. The minimum Gasteiger partial charge on any atom is -0.456 e. The quantitative estimate of drug-likeness (QED) is 0.0205. The van der Waals surface area contributed by atoms with Crippen LogP contribution in [0.5, 0.6) is 0 Å². The highest BCUT2D eigenvalue weighted by atomic mass is 31.2. The first-order valence-electron chi connectivity index (χ1n) is 35.4. The molecule has 0 rings (SSSR count). The number of carbonyl (C=O) groups is 2. The number of ether oxygens (including phenoxy) is 1. The predicted octanol–water partition coefficient (Wildman–Crippen LogP) is 22.6. The number of allylic oxidation sites excluding steroid dienone is 19. The summed E-state index contributed by atoms with van der Waals surface area (Å²) in [5.41, 5.74) is 0. The molecule has 0 aromatic carbocycles. The van der Waals surface area contributed by atoms with Crippen LogP contribution in [0.25, 0.3) is 0 Å². The molecule has 9 nitrogen and oxygen atoms in total. The van der Waals surface area contributed by atoms with Crippen molar-refractivity contribution in [2.45, 2.75) is 309 Å². The Morgan fingerprint density at radius 3 is 1.14 bits per heavy atom. The molecule has 86 heavy (non-hydrogen) atoms. The lowest BCUT2D eigenvalue weighted by atomic mass is 10.0. The summed E-state index contributed by atoms with van der Waals surface area (Å²) in [5, 5.41) is 3.06. The first-order chi connectivity index (χ1) is 41.9. The number of hydrogen-bond donors (Lipinski definition) is 2. The smallest absolute Gasteiger partial charge is 0.456 e.